The van der Waals surface area contributed by atoms with Gasteiger partial charge in [0.25, 0.3) is 0 Å². The van der Waals surface area contributed by atoms with Crippen molar-refractivity contribution in [3.8, 4) is 0 Å². The van der Waals surface area contributed by atoms with Gasteiger partial charge >= 0.3 is 0 Å². The summed E-state index contributed by atoms with van der Waals surface area (Å²) < 4.78 is 0. The maximum Gasteiger partial charge on any atom is 0.190 e. The Hall–Kier alpha value is -1.70. The molecule has 0 heterocycles. The number of carbonyl (C=O) groups excluding carboxylic acids is 2. The number of Topliss-reactive ketones (excluding diaryl/α,β-unsaturated/α-hetero) is 2. The van der Waals surface area contributed by atoms with E-state index in [-0.39, 0.29) is 11.6 Å². The van der Waals surface area contributed by atoms with Gasteiger partial charge in [0.1, 0.15) is 0 Å². The lowest BCUT2D eigenvalue weighted by atomic mass is 9.82. The van der Waals surface area contributed by atoms with Gasteiger partial charge in [-0.2, -0.15) is 0 Å². The van der Waals surface area contributed by atoms with Crippen LogP contribution < -0.4 is 0 Å². The average Bonchev–Trinajstić information content (AvgIpc) is 2.54. The molecule has 0 aromatic heterocycles. The molecule has 0 amide bonds. The van der Waals surface area contributed by atoms with Gasteiger partial charge in [0, 0.05) is 22.3 Å². The molecular formula is C20H26O2. The fourth-order valence-electron chi connectivity index (χ4n) is 3.11. The second kappa shape index (κ2) is 8.07. The van der Waals surface area contributed by atoms with Gasteiger partial charge in [0.05, 0.1) is 0 Å². The zero-order valence-electron chi connectivity index (χ0n) is 13.8. The Balaban J connectivity index is 1.92. The van der Waals surface area contributed by atoms with E-state index in [0.717, 1.165) is 24.8 Å². The lowest BCUT2D eigenvalue weighted by Crippen LogP contribution is -2.20. The normalized spacial score (nSPS) is 14.5. The molecule has 22 heavy (non-hydrogen) atoms. The van der Waals surface area contributed by atoms with Crippen molar-refractivity contribution in [1.29, 1.82) is 0 Å². The van der Waals surface area contributed by atoms with Crippen LogP contribution in [0, 0.1) is 0 Å². The average molecular weight is 298 g/mol. The third-order valence-corrected chi connectivity index (χ3v) is 4.51. The number of allylic oxidation sites excluding steroid dienone is 2. The predicted molar refractivity (Wildman–Crippen MR) is 90.4 cm³/mol. The zero-order chi connectivity index (χ0) is 15.9. The molecule has 1 aromatic rings. The highest BCUT2D eigenvalue weighted by atomic mass is 16.1. The van der Waals surface area contributed by atoms with Crippen molar-refractivity contribution in [3.63, 3.8) is 0 Å². The standard InChI is InChI=1S/C20H26O2/c1-3-4-5-6-7-8-9-12-16-15(2)19(21)17-13-10-11-14-18(17)20(16)22/h10-11,13-14H,3-9,12H2,1-2H3. The fraction of sp³-hybridized carbons (Fsp3) is 0.500. The van der Waals surface area contributed by atoms with Crippen molar-refractivity contribution in [3.05, 3.63) is 46.5 Å². The largest absolute Gasteiger partial charge is 0.289 e. The Kier molecular flexibility index (Phi) is 6.11. The Morgan fingerprint density at radius 2 is 1.32 bits per heavy atom. The smallest absolute Gasteiger partial charge is 0.190 e. The summed E-state index contributed by atoms with van der Waals surface area (Å²) in [6, 6.07) is 7.17. The van der Waals surface area contributed by atoms with Crippen molar-refractivity contribution in [2.24, 2.45) is 0 Å². The third-order valence-electron chi connectivity index (χ3n) is 4.51. The van der Waals surface area contributed by atoms with Crippen LogP contribution in [0.5, 0.6) is 0 Å². The molecule has 2 heteroatoms. The van der Waals surface area contributed by atoms with E-state index in [9.17, 15) is 9.59 Å². The van der Waals surface area contributed by atoms with Crippen molar-refractivity contribution in [1.82, 2.24) is 0 Å². The fourth-order valence-corrected chi connectivity index (χ4v) is 3.11. The number of hydrogen-bond donors (Lipinski definition) is 0. The molecular weight excluding hydrogens is 272 g/mol. The van der Waals surface area contributed by atoms with Crippen LogP contribution >= 0.6 is 0 Å². The van der Waals surface area contributed by atoms with Crippen LogP contribution in [0.2, 0.25) is 0 Å². The molecule has 0 fully saturated rings. The molecule has 0 atom stereocenters. The molecule has 0 N–H and O–H groups in total. The minimum atomic E-state index is 0.0214. The van der Waals surface area contributed by atoms with E-state index in [1.807, 2.05) is 12.1 Å². The van der Waals surface area contributed by atoms with Crippen molar-refractivity contribution in [2.75, 3.05) is 0 Å². The van der Waals surface area contributed by atoms with Crippen LogP contribution in [0.3, 0.4) is 0 Å². The third kappa shape index (κ3) is 3.73. The summed E-state index contributed by atoms with van der Waals surface area (Å²) in [6.07, 6.45) is 9.27. The number of fused-ring (bicyclic) bond motifs is 1. The van der Waals surface area contributed by atoms with Gasteiger partial charge in [-0.15, -0.1) is 0 Å². The molecule has 0 saturated heterocycles. The zero-order valence-corrected chi connectivity index (χ0v) is 13.8. The van der Waals surface area contributed by atoms with E-state index in [4.69, 9.17) is 0 Å². The van der Waals surface area contributed by atoms with Gasteiger partial charge in [-0.1, -0.05) is 69.7 Å². The quantitative estimate of drug-likeness (QED) is 0.592. The van der Waals surface area contributed by atoms with Gasteiger partial charge in [-0.05, 0) is 19.8 Å². The summed E-state index contributed by atoms with van der Waals surface area (Å²) in [5.41, 5.74) is 2.52. The molecule has 1 aliphatic carbocycles. The number of benzene rings is 1. The minimum Gasteiger partial charge on any atom is -0.289 e. The van der Waals surface area contributed by atoms with E-state index < -0.39 is 0 Å². The Morgan fingerprint density at radius 1 is 0.773 bits per heavy atom. The summed E-state index contributed by atoms with van der Waals surface area (Å²) in [7, 11) is 0. The van der Waals surface area contributed by atoms with Crippen molar-refractivity contribution < 1.29 is 9.59 Å². The molecule has 0 unspecified atom stereocenters. The minimum absolute atomic E-state index is 0.0214. The monoisotopic (exact) mass is 298 g/mol. The van der Waals surface area contributed by atoms with Crippen LogP contribution in [0.1, 0.15) is 85.9 Å². The summed E-state index contributed by atoms with van der Waals surface area (Å²) in [5, 5.41) is 0. The summed E-state index contributed by atoms with van der Waals surface area (Å²) in [6.45, 7) is 4.02. The van der Waals surface area contributed by atoms with Gasteiger partial charge in [0.2, 0.25) is 0 Å². The lowest BCUT2D eigenvalue weighted by Gasteiger charge is -2.18. The Morgan fingerprint density at radius 3 is 1.95 bits per heavy atom. The summed E-state index contributed by atoms with van der Waals surface area (Å²) in [5.74, 6) is 0.0758. The molecule has 0 saturated carbocycles. The summed E-state index contributed by atoms with van der Waals surface area (Å²) in [4.78, 5) is 24.9. The van der Waals surface area contributed by atoms with E-state index in [0.29, 0.717) is 16.7 Å². The molecule has 2 nitrogen and oxygen atoms in total. The topological polar surface area (TPSA) is 34.1 Å². The maximum atomic E-state index is 12.6. The van der Waals surface area contributed by atoms with E-state index >= 15 is 0 Å². The van der Waals surface area contributed by atoms with Crippen LogP contribution in [-0.4, -0.2) is 11.6 Å². The van der Waals surface area contributed by atoms with E-state index in [1.54, 1.807) is 19.1 Å². The van der Waals surface area contributed by atoms with E-state index in [2.05, 4.69) is 6.92 Å². The van der Waals surface area contributed by atoms with E-state index in [1.165, 1.54) is 32.1 Å². The molecule has 0 aliphatic heterocycles. The molecule has 1 aromatic carbocycles. The van der Waals surface area contributed by atoms with Crippen LogP contribution in [0.4, 0.5) is 0 Å². The van der Waals surface area contributed by atoms with Gasteiger partial charge in [-0.25, -0.2) is 0 Å². The van der Waals surface area contributed by atoms with Crippen molar-refractivity contribution in [2.45, 2.75) is 65.2 Å². The van der Waals surface area contributed by atoms with Crippen LogP contribution in [-0.2, 0) is 0 Å². The molecule has 0 bridgehead atoms. The second-order valence-corrected chi connectivity index (χ2v) is 6.18. The van der Waals surface area contributed by atoms with Crippen LogP contribution in [0.25, 0.3) is 0 Å². The van der Waals surface area contributed by atoms with Gasteiger partial charge < -0.3 is 0 Å². The highest BCUT2D eigenvalue weighted by molar-refractivity contribution is 6.26. The van der Waals surface area contributed by atoms with Crippen molar-refractivity contribution >= 4 is 11.6 Å². The molecule has 118 valence electrons. The molecule has 2 rings (SSSR count). The maximum absolute atomic E-state index is 12.6. The first kappa shape index (κ1) is 16.7. The van der Waals surface area contributed by atoms with Gasteiger partial charge in [-0.3, -0.25) is 9.59 Å². The molecule has 0 radical (unpaired) electrons. The first-order valence-corrected chi connectivity index (χ1v) is 8.55. The highest BCUT2D eigenvalue weighted by Crippen LogP contribution is 2.29. The lowest BCUT2D eigenvalue weighted by molar-refractivity contribution is 0.0971. The van der Waals surface area contributed by atoms with Gasteiger partial charge in [0.15, 0.2) is 11.6 Å². The Labute approximate surface area is 133 Å². The number of carbonyl (C=O) groups is 2. The van der Waals surface area contributed by atoms with Crippen LogP contribution in [0.15, 0.2) is 35.4 Å². The SMILES string of the molecule is CCCCCCCCCC1=C(C)C(=O)c2ccccc2C1=O. The molecule has 0 spiro atoms. The number of unbranched alkanes of at least 4 members (excludes halogenated alkanes) is 6. The highest BCUT2D eigenvalue weighted by Gasteiger charge is 2.28. The Bertz CT molecular complexity index is 581. The number of rotatable bonds is 8. The first-order valence-electron chi connectivity index (χ1n) is 8.55. The summed E-state index contributed by atoms with van der Waals surface area (Å²) >= 11 is 0. The first-order chi connectivity index (χ1) is 10.7. The number of ketones is 2. The number of hydrogen-bond acceptors (Lipinski definition) is 2. The predicted octanol–water partition coefficient (Wildman–Crippen LogP) is 5.52. The molecule has 1 aliphatic rings. The second-order valence-electron chi connectivity index (χ2n) is 6.18.